The van der Waals surface area contributed by atoms with E-state index in [0.717, 1.165) is 59.4 Å². The molecule has 170 valence electrons. The van der Waals surface area contributed by atoms with E-state index in [9.17, 15) is 4.79 Å². The molecule has 1 amide bonds. The van der Waals surface area contributed by atoms with Gasteiger partial charge in [0, 0.05) is 50.4 Å². The molecule has 8 heteroatoms. The van der Waals surface area contributed by atoms with Crippen LogP contribution in [0.2, 0.25) is 0 Å². The number of piperidine rings is 1. The number of anilines is 1. The number of nitrogens with zero attached hydrogens (tertiary/aromatic N) is 5. The summed E-state index contributed by atoms with van der Waals surface area (Å²) in [4.78, 5) is 24.1. The van der Waals surface area contributed by atoms with Crippen LogP contribution in [-0.4, -0.2) is 43.5 Å². The number of hydrogen-bond donors (Lipinski definition) is 1. The molecule has 1 atom stereocenters. The number of likely N-dealkylation sites (tertiary alicyclic amines) is 1. The summed E-state index contributed by atoms with van der Waals surface area (Å²) in [6.45, 7) is 2.17. The molecule has 3 aromatic heterocycles. The standard InChI is InChI=1S/C25H27BrN6O/c26-21-16-29-32-23(28-15-19-8-4-10-27-14-19)13-22(30-25(21)32)20-9-5-11-31(17-20)24(33)12-18-6-2-1-3-7-18/h1-2,4,6,8,10,13-14,16,20,28H,3,5,7,9,11-12,15,17H2. The highest BCUT2D eigenvalue weighted by molar-refractivity contribution is 9.10. The lowest BCUT2D eigenvalue weighted by Gasteiger charge is -2.33. The lowest BCUT2D eigenvalue weighted by molar-refractivity contribution is -0.131. The Morgan fingerprint density at radius 1 is 1.30 bits per heavy atom. The number of amides is 1. The zero-order chi connectivity index (χ0) is 22.6. The molecule has 0 saturated carbocycles. The number of carbonyl (C=O) groups is 1. The van der Waals surface area contributed by atoms with Crippen molar-refractivity contribution in [2.24, 2.45) is 0 Å². The van der Waals surface area contributed by atoms with Crippen LogP contribution in [0.4, 0.5) is 5.82 Å². The van der Waals surface area contributed by atoms with Crippen LogP contribution in [0, 0.1) is 0 Å². The maximum atomic E-state index is 13.0. The number of aromatic nitrogens is 4. The molecular formula is C25H27BrN6O. The Kier molecular flexibility index (Phi) is 6.53. The van der Waals surface area contributed by atoms with Crippen LogP contribution in [0.1, 0.15) is 49.3 Å². The summed E-state index contributed by atoms with van der Waals surface area (Å²) in [5.74, 6) is 1.31. The number of rotatable bonds is 6. The molecule has 0 aromatic carbocycles. The fourth-order valence-corrected chi connectivity index (χ4v) is 4.88. The topological polar surface area (TPSA) is 75.4 Å². The molecule has 0 spiro atoms. The fourth-order valence-electron chi connectivity index (χ4n) is 4.54. The molecule has 1 fully saturated rings. The van der Waals surface area contributed by atoms with Crippen molar-refractivity contribution < 1.29 is 4.79 Å². The van der Waals surface area contributed by atoms with Gasteiger partial charge in [-0.05, 0) is 53.2 Å². The van der Waals surface area contributed by atoms with Gasteiger partial charge in [0.15, 0.2) is 5.65 Å². The zero-order valence-electron chi connectivity index (χ0n) is 18.5. The Morgan fingerprint density at radius 3 is 3.06 bits per heavy atom. The molecule has 1 unspecified atom stereocenters. The van der Waals surface area contributed by atoms with Crippen molar-refractivity contribution in [2.75, 3.05) is 18.4 Å². The van der Waals surface area contributed by atoms with Crippen molar-refractivity contribution in [3.63, 3.8) is 0 Å². The third-order valence-electron chi connectivity index (χ3n) is 6.32. The summed E-state index contributed by atoms with van der Waals surface area (Å²) in [7, 11) is 0. The molecule has 4 heterocycles. The SMILES string of the molecule is O=C(CC1=CC=CCC1)N1CCCC(c2cc(NCc3cccnc3)n3ncc(Br)c3n2)C1. The lowest BCUT2D eigenvalue weighted by atomic mass is 9.93. The van der Waals surface area contributed by atoms with Gasteiger partial charge in [0.05, 0.1) is 16.4 Å². The average molecular weight is 507 g/mol. The summed E-state index contributed by atoms with van der Waals surface area (Å²) in [6, 6.07) is 6.05. The van der Waals surface area contributed by atoms with Crippen LogP contribution in [0.25, 0.3) is 5.65 Å². The number of halogens is 1. The second-order valence-corrected chi connectivity index (χ2v) is 9.51. The molecule has 1 aliphatic heterocycles. The number of nitrogens with one attached hydrogen (secondary N) is 1. The van der Waals surface area contributed by atoms with E-state index in [1.54, 1.807) is 12.4 Å². The Labute approximate surface area is 201 Å². The van der Waals surface area contributed by atoms with Gasteiger partial charge < -0.3 is 10.2 Å². The van der Waals surface area contributed by atoms with Crippen molar-refractivity contribution in [3.05, 3.63) is 76.3 Å². The Hall–Kier alpha value is -3.00. The minimum absolute atomic E-state index is 0.202. The molecular weight excluding hydrogens is 480 g/mol. The van der Waals surface area contributed by atoms with E-state index in [1.165, 1.54) is 5.57 Å². The normalized spacial score (nSPS) is 18.4. The van der Waals surface area contributed by atoms with E-state index in [-0.39, 0.29) is 11.8 Å². The van der Waals surface area contributed by atoms with Gasteiger partial charge in [0.25, 0.3) is 0 Å². The van der Waals surface area contributed by atoms with E-state index in [4.69, 9.17) is 4.98 Å². The molecule has 5 rings (SSSR count). The third kappa shape index (κ3) is 5.00. The predicted molar refractivity (Wildman–Crippen MR) is 132 cm³/mol. The van der Waals surface area contributed by atoms with Crippen molar-refractivity contribution in [3.8, 4) is 0 Å². The van der Waals surface area contributed by atoms with Crippen LogP contribution in [0.15, 0.2) is 65.1 Å². The van der Waals surface area contributed by atoms with Crippen LogP contribution < -0.4 is 5.32 Å². The average Bonchev–Trinajstić information content (AvgIpc) is 3.24. The van der Waals surface area contributed by atoms with Gasteiger partial charge in [-0.2, -0.15) is 9.61 Å². The van der Waals surface area contributed by atoms with Gasteiger partial charge >= 0.3 is 0 Å². The molecule has 0 bridgehead atoms. The van der Waals surface area contributed by atoms with Gasteiger partial charge in [0.2, 0.25) is 5.91 Å². The number of allylic oxidation sites excluding steroid dienone is 3. The Balaban J connectivity index is 1.35. The summed E-state index contributed by atoms with van der Waals surface area (Å²) < 4.78 is 2.67. The Bertz CT molecular complexity index is 1200. The first-order valence-electron chi connectivity index (χ1n) is 11.5. The molecule has 33 heavy (non-hydrogen) atoms. The van der Waals surface area contributed by atoms with Crippen LogP contribution in [0.5, 0.6) is 0 Å². The predicted octanol–water partition coefficient (Wildman–Crippen LogP) is 4.87. The smallest absolute Gasteiger partial charge is 0.226 e. The van der Waals surface area contributed by atoms with Gasteiger partial charge in [-0.15, -0.1) is 0 Å². The highest BCUT2D eigenvalue weighted by Crippen LogP contribution is 2.30. The maximum Gasteiger partial charge on any atom is 0.226 e. The monoisotopic (exact) mass is 506 g/mol. The number of pyridine rings is 1. The van der Waals surface area contributed by atoms with E-state index < -0.39 is 0 Å². The molecule has 1 aliphatic carbocycles. The van der Waals surface area contributed by atoms with E-state index in [0.29, 0.717) is 19.5 Å². The van der Waals surface area contributed by atoms with Gasteiger partial charge in [-0.25, -0.2) is 4.98 Å². The minimum atomic E-state index is 0.202. The van der Waals surface area contributed by atoms with Gasteiger partial charge in [-0.1, -0.05) is 29.9 Å². The first-order chi connectivity index (χ1) is 16.2. The molecule has 3 aromatic rings. The highest BCUT2D eigenvalue weighted by Gasteiger charge is 2.27. The molecule has 0 radical (unpaired) electrons. The number of hydrogen-bond acceptors (Lipinski definition) is 5. The minimum Gasteiger partial charge on any atom is -0.366 e. The van der Waals surface area contributed by atoms with Gasteiger partial charge in [-0.3, -0.25) is 9.78 Å². The maximum absolute atomic E-state index is 13.0. The highest BCUT2D eigenvalue weighted by atomic mass is 79.9. The van der Waals surface area contributed by atoms with Crippen LogP contribution in [-0.2, 0) is 11.3 Å². The van der Waals surface area contributed by atoms with Crippen LogP contribution >= 0.6 is 15.9 Å². The summed E-state index contributed by atoms with van der Waals surface area (Å²) in [5, 5.41) is 7.97. The molecule has 7 nitrogen and oxygen atoms in total. The van der Waals surface area contributed by atoms with Crippen molar-refractivity contribution in [1.82, 2.24) is 24.5 Å². The quantitative estimate of drug-likeness (QED) is 0.515. The van der Waals surface area contributed by atoms with Crippen LogP contribution in [0.3, 0.4) is 0 Å². The van der Waals surface area contributed by atoms with E-state index >= 15 is 0 Å². The number of carbonyl (C=O) groups excluding carboxylic acids is 1. The first kappa shape index (κ1) is 21.8. The molecule has 2 aliphatic rings. The van der Waals surface area contributed by atoms with E-state index in [1.807, 2.05) is 27.7 Å². The second-order valence-electron chi connectivity index (χ2n) is 8.66. The van der Waals surface area contributed by atoms with E-state index in [2.05, 4.69) is 55.6 Å². The molecule has 1 saturated heterocycles. The lowest BCUT2D eigenvalue weighted by Crippen LogP contribution is -2.39. The Morgan fingerprint density at radius 2 is 2.24 bits per heavy atom. The fraction of sp³-hybridized carbons (Fsp3) is 0.360. The molecule has 1 N–H and O–H groups in total. The van der Waals surface area contributed by atoms with Crippen molar-refractivity contribution >= 4 is 33.3 Å². The summed E-state index contributed by atoms with van der Waals surface area (Å²) >= 11 is 3.59. The first-order valence-corrected chi connectivity index (χ1v) is 12.3. The summed E-state index contributed by atoms with van der Waals surface area (Å²) in [5.41, 5.74) is 4.10. The largest absolute Gasteiger partial charge is 0.366 e. The second kappa shape index (κ2) is 9.87. The van der Waals surface area contributed by atoms with Gasteiger partial charge in [0.1, 0.15) is 5.82 Å². The zero-order valence-corrected chi connectivity index (χ0v) is 20.0. The summed E-state index contributed by atoms with van der Waals surface area (Å²) in [6.07, 6.45) is 16.2. The van der Waals surface area contributed by atoms with Crippen molar-refractivity contribution in [2.45, 2.75) is 44.6 Å². The van der Waals surface area contributed by atoms with Crippen molar-refractivity contribution in [1.29, 1.82) is 0 Å². The number of fused-ring (bicyclic) bond motifs is 1. The third-order valence-corrected chi connectivity index (χ3v) is 6.88.